The van der Waals surface area contributed by atoms with Crippen molar-refractivity contribution in [3.63, 3.8) is 0 Å². The van der Waals surface area contributed by atoms with E-state index >= 15 is 0 Å². The van der Waals surface area contributed by atoms with Gasteiger partial charge in [0.05, 0.1) is 11.8 Å². The predicted octanol–water partition coefficient (Wildman–Crippen LogP) is 1.24. The van der Waals surface area contributed by atoms with E-state index in [0.29, 0.717) is 12.3 Å². The number of amides is 1. The molecule has 1 aliphatic carbocycles. The molecule has 1 aliphatic heterocycles. The molecule has 0 aromatic carbocycles. The third kappa shape index (κ3) is 2.54. The first-order valence-electron chi connectivity index (χ1n) is 7.57. The van der Waals surface area contributed by atoms with Crippen LogP contribution in [0.1, 0.15) is 37.3 Å². The van der Waals surface area contributed by atoms with E-state index in [0.717, 1.165) is 32.4 Å². The van der Waals surface area contributed by atoms with Crippen LogP contribution in [0, 0.1) is 11.8 Å². The summed E-state index contributed by atoms with van der Waals surface area (Å²) in [4.78, 5) is 25.3. The summed E-state index contributed by atoms with van der Waals surface area (Å²) in [6.07, 6.45) is 5.01. The summed E-state index contributed by atoms with van der Waals surface area (Å²) in [6.45, 7) is 1.44. The summed E-state index contributed by atoms with van der Waals surface area (Å²) >= 11 is 0. The van der Waals surface area contributed by atoms with E-state index in [1.807, 2.05) is 22.7 Å². The molecule has 1 saturated carbocycles. The highest BCUT2D eigenvalue weighted by molar-refractivity contribution is 5.86. The Labute approximate surface area is 123 Å². The van der Waals surface area contributed by atoms with Crippen molar-refractivity contribution in [1.82, 2.24) is 14.7 Å². The Balaban J connectivity index is 1.57. The van der Waals surface area contributed by atoms with Crippen LogP contribution in [-0.4, -0.2) is 44.8 Å². The van der Waals surface area contributed by atoms with E-state index in [4.69, 9.17) is 5.11 Å². The number of carboxylic acid groups (broad SMARTS) is 1. The Morgan fingerprint density at radius 2 is 1.86 bits per heavy atom. The van der Waals surface area contributed by atoms with Crippen LogP contribution in [0.5, 0.6) is 0 Å². The van der Waals surface area contributed by atoms with Gasteiger partial charge in [-0.1, -0.05) is 0 Å². The number of carbonyl (C=O) groups is 2. The predicted molar refractivity (Wildman–Crippen MR) is 75.6 cm³/mol. The maximum absolute atomic E-state index is 12.4. The summed E-state index contributed by atoms with van der Waals surface area (Å²) in [6, 6.07) is 2.04. The number of likely N-dealkylation sites (tertiary alicyclic amines) is 1. The van der Waals surface area contributed by atoms with E-state index in [-0.39, 0.29) is 11.8 Å². The number of aliphatic carboxylic acids is 1. The lowest BCUT2D eigenvalue weighted by molar-refractivity contribution is -0.157. The van der Waals surface area contributed by atoms with Gasteiger partial charge in [-0.3, -0.25) is 14.3 Å². The zero-order chi connectivity index (χ0) is 15.0. The summed E-state index contributed by atoms with van der Waals surface area (Å²) < 4.78 is 1.90. The lowest BCUT2D eigenvalue weighted by Crippen LogP contribution is -2.48. The van der Waals surface area contributed by atoms with E-state index in [2.05, 4.69) is 5.10 Å². The van der Waals surface area contributed by atoms with Crippen molar-refractivity contribution in [2.24, 2.45) is 18.9 Å². The number of aromatic nitrogens is 2. The molecule has 1 N–H and O–H groups in total. The second-order valence-electron chi connectivity index (χ2n) is 6.11. The topological polar surface area (TPSA) is 75.4 Å². The normalized spacial score (nSPS) is 26.4. The molecule has 6 heteroatoms. The fourth-order valence-electron chi connectivity index (χ4n) is 3.51. The minimum Gasteiger partial charge on any atom is -0.481 e. The van der Waals surface area contributed by atoms with Crippen molar-refractivity contribution in [2.75, 3.05) is 13.1 Å². The molecule has 1 aromatic rings. The van der Waals surface area contributed by atoms with Crippen molar-refractivity contribution in [3.05, 3.63) is 18.0 Å². The SMILES string of the molecule is Cn1nccc1C1CCN(C(=O)C2CCC2C(=O)O)CC1. The third-order valence-corrected chi connectivity index (χ3v) is 4.99. The third-order valence-electron chi connectivity index (χ3n) is 4.99. The average Bonchev–Trinajstić information content (AvgIpc) is 2.83. The van der Waals surface area contributed by atoms with Gasteiger partial charge < -0.3 is 10.0 Å². The number of rotatable bonds is 3. The Morgan fingerprint density at radius 3 is 2.33 bits per heavy atom. The molecule has 1 aromatic heterocycles. The Hall–Kier alpha value is -1.85. The maximum atomic E-state index is 12.4. The van der Waals surface area contributed by atoms with Crippen LogP contribution in [0.4, 0.5) is 0 Å². The summed E-state index contributed by atoms with van der Waals surface area (Å²) in [7, 11) is 1.94. The molecule has 2 aliphatic rings. The minimum absolute atomic E-state index is 0.0390. The van der Waals surface area contributed by atoms with E-state index in [1.54, 1.807) is 6.20 Å². The van der Waals surface area contributed by atoms with Crippen LogP contribution in [0.2, 0.25) is 0 Å². The van der Waals surface area contributed by atoms with Gasteiger partial charge in [0, 0.05) is 37.9 Å². The number of hydrogen-bond donors (Lipinski definition) is 1. The number of carboxylic acids is 1. The van der Waals surface area contributed by atoms with Crippen LogP contribution in [0.25, 0.3) is 0 Å². The first-order valence-corrected chi connectivity index (χ1v) is 7.57. The zero-order valence-corrected chi connectivity index (χ0v) is 12.2. The van der Waals surface area contributed by atoms with Gasteiger partial charge in [-0.2, -0.15) is 5.10 Å². The number of carbonyl (C=O) groups excluding carboxylic acids is 1. The van der Waals surface area contributed by atoms with Gasteiger partial charge in [0.15, 0.2) is 0 Å². The molecule has 0 bridgehead atoms. The largest absolute Gasteiger partial charge is 0.481 e. The van der Waals surface area contributed by atoms with Gasteiger partial charge in [0.1, 0.15) is 0 Å². The standard InChI is InChI=1S/C15H21N3O3/c1-17-13(4-7-16-17)10-5-8-18(9-6-10)14(19)11-2-3-12(11)15(20)21/h4,7,10-12H,2-3,5-6,8-9H2,1H3,(H,20,21). The lowest BCUT2D eigenvalue weighted by Gasteiger charge is -2.39. The minimum atomic E-state index is -0.829. The molecular formula is C15H21N3O3. The molecule has 2 unspecified atom stereocenters. The smallest absolute Gasteiger partial charge is 0.307 e. The monoisotopic (exact) mass is 291 g/mol. The fourth-order valence-corrected chi connectivity index (χ4v) is 3.51. The van der Waals surface area contributed by atoms with Crippen molar-refractivity contribution >= 4 is 11.9 Å². The molecule has 6 nitrogen and oxygen atoms in total. The van der Waals surface area contributed by atoms with Crippen molar-refractivity contribution < 1.29 is 14.7 Å². The average molecular weight is 291 g/mol. The number of piperidine rings is 1. The highest BCUT2D eigenvalue weighted by atomic mass is 16.4. The number of hydrogen-bond acceptors (Lipinski definition) is 3. The molecule has 1 saturated heterocycles. The van der Waals surface area contributed by atoms with E-state index < -0.39 is 11.9 Å². The summed E-state index contributed by atoms with van der Waals surface area (Å²) in [5.74, 6) is -1.11. The molecule has 1 amide bonds. The quantitative estimate of drug-likeness (QED) is 0.909. The second kappa shape index (κ2) is 5.50. The van der Waals surface area contributed by atoms with Gasteiger partial charge >= 0.3 is 5.97 Å². The van der Waals surface area contributed by atoms with Gasteiger partial charge in [-0.25, -0.2) is 0 Å². The van der Waals surface area contributed by atoms with E-state index in [1.165, 1.54) is 5.69 Å². The molecule has 0 spiro atoms. The molecule has 0 radical (unpaired) electrons. The van der Waals surface area contributed by atoms with Crippen LogP contribution in [0.3, 0.4) is 0 Å². The van der Waals surface area contributed by atoms with Gasteiger partial charge in [-0.05, 0) is 31.7 Å². The first-order chi connectivity index (χ1) is 10.1. The summed E-state index contributed by atoms with van der Waals surface area (Å²) in [5.41, 5.74) is 1.22. The fraction of sp³-hybridized carbons (Fsp3) is 0.667. The molecule has 114 valence electrons. The van der Waals surface area contributed by atoms with Crippen molar-refractivity contribution in [2.45, 2.75) is 31.6 Å². The second-order valence-corrected chi connectivity index (χ2v) is 6.11. The Bertz CT molecular complexity index is 546. The zero-order valence-electron chi connectivity index (χ0n) is 12.2. The molecule has 2 heterocycles. The first kappa shape index (κ1) is 14.1. The van der Waals surface area contributed by atoms with Crippen LogP contribution in [0.15, 0.2) is 12.3 Å². The molecule has 2 atom stereocenters. The van der Waals surface area contributed by atoms with Crippen LogP contribution < -0.4 is 0 Å². The van der Waals surface area contributed by atoms with Gasteiger partial charge in [-0.15, -0.1) is 0 Å². The highest BCUT2D eigenvalue weighted by Crippen LogP contribution is 2.37. The summed E-state index contributed by atoms with van der Waals surface area (Å²) in [5, 5.41) is 13.3. The molecule has 2 fully saturated rings. The van der Waals surface area contributed by atoms with Gasteiger partial charge in [0.25, 0.3) is 0 Å². The van der Waals surface area contributed by atoms with Crippen LogP contribution in [-0.2, 0) is 16.6 Å². The molecule has 3 rings (SSSR count). The molecule has 21 heavy (non-hydrogen) atoms. The molecular weight excluding hydrogens is 270 g/mol. The van der Waals surface area contributed by atoms with Crippen LogP contribution >= 0.6 is 0 Å². The lowest BCUT2D eigenvalue weighted by atomic mass is 9.72. The maximum Gasteiger partial charge on any atom is 0.307 e. The van der Waals surface area contributed by atoms with Crippen molar-refractivity contribution in [3.8, 4) is 0 Å². The van der Waals surface area contributed by atoms with Crippen molar-refractivity contribution in [1.29, 1.82) is 0 Å². The number of nitrogens with zero attached hydrogens (tertiary/aromatic N) is 3. The number of aryl methyl sites for hydroxylation is 1. The van der Waals surface area contributed by atoms with E-state index in [9.17, 15) is 9.59 Å². The Kier molecular flexibility index (Phi) is 3.69. The van der Waals surface area contributed by atoms with Gasteiger partial charge in [0.2, 0.25) is 5.91 Å². The Morgan fingerprint density at radius 1 is 1.19 bits per heavy atom. The highest BCUT2D eigenvalue weighted by Gasteiger charge is 2.43.